The summed E-state index contributed by atoms with van der Waals surface area (Å²) in [6, 6.07) is 0. The van der Waals surface area contributed by atoms with Crippen LogP contribution in [0, 0.1) is 0 Å². The largest absolute Gasteiger partial charge is 0.329 e. The van der Waals surface area contributed by atoms with Crippen LogP contribution in [-0.2, 0) is 0 Å². The highest BCUT2D eigenvalue weighted by atomic mass is 15.3. The van der Waals surface area contributed by atoms with Crippen LogP contribution in [0.1, 0.15) is 0 Å². The topological polar surface area (TPSA) is 88.8 Å². The molecule has 0 atom stereocenters. The number of nitrogens with one attached hydrogen (secondary N) is 2. The first kappa shape index (κ1) is 6.05. The zero-order valence-electron chi connectivity index (χ0n) is 5.44. The molecule has 2 radical (unpaired) electrons. The van der Waals surface area contributed by atoms with Crippen LogP contribution in [-0.4, -0.2) is 19.9 Å². The fraction of sp³-hybridized carbons (Fsp3) is 0. The van der Waals surface area contributed by atoms with E-state index in [1.807, 2.05) is 5.43 Å². The molecule has 2 N–H and O–H groups in total. The minimum atomic E-state index is 0.302. The van der Waals surface area contributed by atoms with Gasteiger partial charge in [0.1, 0.15) is 6.33 Å². The van der Waals surface area contributed by atoms with E-state index in [0.717, 1.165) is 0 Å². The number of hydrogen-bond donors (Lipinski definition) is 2. The number of aromatic nitrogens is 4. The lowest BCUT2D eigenvalue weighted by molar-refractivity contribution is 1.15. The first-order valence-corrected chi connectivity index (χ1v) is 2.96. The predicted octanol–water partition coefficient (Wildman–Crippen LogP) is -0.252. The highest BCUT2D eigenvalue weighted by molar-refractivity contribution is 5.81. The fourth-order valence-electron chi connectivity index (χ4n) is 0.846. The molecule has 0 bridgehead atoms. The molecule has 0 saturated heterocycles. The number of hydrogen-bond acceptors (Lipinski definition) is 4. The third-order valence-corrected chi connectivity index (χ3v) is 1.32. The highest BCUT2D eigenvalue weighted by Gasteiger charge is 2.02. The Hall–Kier alpha value is -1.69. The monoisotopic (exact) mass is 148 g/mol. The van der Waals surface area contributed by atoms with Crippen molar-refractivity contribution in [2.45, 2.75) is 0 Å². The average molecular weight is 148 g/mol. The molecule has 0 unspecified atom stereocenters. The molecule has 0 amide bonds. The molecular formula is C5H4N6. The zero-order valence-corrected chi connectivity index (χ0v) is 5.44. The second-order valence-corrected chi connectivity index (χ2v) is 1.93. The first-order chi connectivity index (χ1) is 5.42. The minimum absolute atomic E-state index is 0.302. The smallest absolute Gasteiger partial charge is 0.174 e. The first-order valence-electron chi connectivity index (χ1n) is 2.96. The van der Waals surface area contributed by atoms with Crippen molar-refractivity contribution < 1.29 is 0 Å². The summed E-state index contributed by atoms with van der Waals surface area (Å²) in [4.78, 5) is 14.3. The summed E-state index contributed by atoms with van der Waals surface area (Å²) in [6.45, 7) is 0. The Bertz CT molecular complexity index is 366. The summed E-state index contributed by atoms with van der Waals surface area (Å²) in [5, 5.41) is 0. The van der Waals surface area contributed by atoms with Crippen LogP contribution in [0.3, 0.4) is 0 Å². The van der Waals surface area contributed by atoms with E-state index >= 15 is 0 Å². The summed E-state index contributed by atoms with van der Waals surface area (Å²) >= 11 is 0. The van der Waals surface area contributed by atoms with Crippen molar-refractivity contribution >= 4 is 17.0 Å². The summed E-state index contributed by atoms with van der Waals surface area (Å²) in [5.41, 5.74) is 3.04. The molecule has 2 rings (SSSR count). The summed E-state index contributed by atoms with van der Waals surface area (Å²) < 4.78 is 0. The Kier molecular flexibility index (Phi) is 1.19. The summed E-state index contributed by atoms with van der Waals surface area (Å²) in [6.07, 6.45) is 2.82. The fourth-order valence-corrected chi connectivity index (χ4v) is 0.846. The summed E-state index contributed by atoms with van der Waals surface area (Å²) in [5.74, 6) is 8.86. The third-order valence-electron chi connectivity index (χ3n) is 1.32. The van der Waals surface area contributed by atoms with E-state index in [1.165, 1.54) is 12.7 Å². The standard InChI is InChI=1S/C5H4N6/c6-11-5-3-4(8-1-7-3)9-2-10-5/h1-2H,(H2,7,8,9,10,11). The molecule has 6 nitrogen and oxygen atoms in total. The predicted molar refractivity (Wildman–Crippen MR) is 37.4 cm³/mol. The normalized spacial score (nSPS) is 10.3. The van der Waals surface area contributed by atoms with Crippen LogP contribution in [0.2, 0.25) is 0 Å². The lowest BCUT2D eigenvalue weighted by Gasteiger charge is -1.93. The Labute approximate surface area is 61.8 Å². The molecular weight excluding hydrogens is 144 g/mol. The Morgan fingerprint density at radius 3 is 3.09 bits per heavy atom. The van der Waals surface area contributed by atoms with Crippen molar-refractivity contribution in [2.75, 3.05) is 5.43 Å². The van der Waals surface area contributed by atoms with Crippen LogP contribution >= 0.6 is 0 Å². The maximum absolute atomic E-state index is 8.56. The average Bonchev–Trinajstić information content (AvgIpc) is 2.50. The molecule has 54 valence electrons. The third kappa shape index (κ3) is 0.802. The van der Waals surface area contributed by atoms with Crippen molar-refractivity contribution in [1.29, 1.82) is 0 Å². The Balaban J connectivity index is 2.79. The van der Waals surface area contributed by atoms with Gasteiger partial charge in [-0.05, 0) is 5.84 Å². The molecule has 11 heavy (non-hydrogen) atoms. The molecule has 0 fully saturated rings. The van der Waals surface area contributed by atoms with Crippen molar-refractivity contribution in [3.63, 3.8) is 0 Å². The number of nitrogens with zero attached hydrogens (tertiary/aromatic N) is 4. The second kappa shape index (κ2) is 2.17. The van der Waals surface area contributed by atoms with Crippen molar-refractivity contribution in [3.05, 3.63) is 12.7 Å². The number of rotatable bonds is 1. The van der Waals surface area contributed by atoms with Crippen LogP contribution < -0.4 is 11.3 Å². The van der Waals surface area contributed by atoms with E-state index in [2.05, 4.69) is 19.9 Å². The highest BCUT2D eigenvalue weighted by Crippen LogP contribution is 2.12. The van der Waals surface area contributed by atoms with Gasteiger partial charge >= 0.3 is 0 Å². The van der Waals surface area contributed by atoms with Gasteiger partial charge in [0.2, 0.25) is 0 Å². The molecule has 2 heterocycles. The van der Waals surface area contributed by atoms with E-state index in [9.17, 15) is 0 Å². The van der Waals surface area contributed by atoms with Gasteiger partial charge in [-0.3, -0.25) is 5.43 Å². The van der Waals surface area contributed by atoms with E-state index in [1.54, 1.807) is 0 Å². The molecule has 0 aliphatic heterocycles. The van der Waals surface area contributed by atoms with Gasteiger partial charge in [-0.25, -0.2) is 15.0 Å². The van der Waals surface area contributed by atoms with Crippen LogP contribution in [0.4, 0.5) is 5.82 Å². The van der Waals surface area contributed by atoms with Gasteiger partial charge in [0.25, 0.3) is 0 Å². The summed E-state index contributed by atoms with van der Waals surface area (Å²) in [7, 11) is 0. The van der Waals surface area contributed by atoms with E-state index < -0.39 is 0 Å². The molecule has 2 aromatic heterocycles. The minimum Gasteiger partial charge on any atom is -0.329 e. The van der Waals surface area contributed by atoms with Gasteiger partial charge in [0, 0.05) is 0 Å². The molecule has 0 aromatic carbocycles. The van der Waals surface area contributed by atoms with Gasteiger partial charge in [0.15, 0.2) is 17.0 Å². The number of aromatic amines is 1. The molecule has 0 aliphatic carbocycles. The number of anilines is 1. The van der Waals surface area contributed by atoms with Crippen LogP contribution in [0.15, 0.2) is 12.7 Å². The Morgan fingerprint density at radius 1 is 1.36 bits per heavy atom. The van der Waals surface area contributed by atoms with E-state index in [-0.39, 0.29) is 0 Å². The van der Waals surface area contributed by atoms with Gasteiger partial charge in [-0.15, -0.1) is 0 Å². The quantitative estimate of drug-likeness (QED) is 0.545. The van der Waals surface area contributed by atoms with Crippen molar-refractivity contribution in [3.8, 4) is 0 Å². The second-order valence-electron chi connectivity index (χ2n) is 1.93. The van der Waals surface area contributed by atoms with Crippen LogP contribution in [0.25, 0.3) is 11.2 Å². The van der Waals surface area contributed by atoms with Crippen molar-refractivity contribution in [2.24, 2.45) is 0 Å². The SMILES string of the molecule is [N]Nc1ncnc2[nH]cnc12. The molecule has 0 saturated carbocycles. The lowest BCUT2D eigenvalue weighted by Crippen LogP contribution is -1.97. The number of imidazole rings is 1. The number of H-pyrrole nitrogens is 1. The van der Waals surface area contributed by atoms with Crippen molar-refractivity contribution in [1.82, 2.24) is 25.8 Å². The van der Waals surface area contributed by atoms with Gasteiger partial charge in [-0.1, -0.05) is 0 Å². The van der Waals surface area contributed by atoms with Crippen LogP contribution in [0.5, 0.6) is 0 Å². The maximum Gasteiger partial charge on any atom is 0.174 e. The van der Waals surface area contributed by atoms with Gasteiger partial charge < -0.3 is 4.98 Å². The lowest BCUT2D eigenvalue weighted by atomic mass is 10.5. The van der Waals surface area contributed by atoms with Gasteiger partial charge in [-0.2, -0.15) is 0 Å². The Morgan fingerprint density at radius 2 is 2.27 bits per heavy atom. The van der Waals surface area contributed by atoms with E-state index in [4.69, 9.17) is 5.84 Å². The van der Waals surface area contributed by atoms with Gasteiger partial charge in [0.05, 0.1) is 6.33 Å². The molecule has 0 spiro atoms. The molecule has 6 heteroatoms. The van der Waals surface area contributed by atoms with E-state index in [0.29, 0.717) is 17.0 Å². The zero-order chi connectivity index (χ0) is 7.68. The maximum atomic E-state index is 8.56. The molecule has 2 aromatic rings. The number of fused-ring (bicyclic) bond motifs is 1. The molecule has 0 aliphatic rings.